The molecular formula is C15H20N4O6. The molecule has 3 rings (SSSR count). The number of benzene rings is 1. The molecule has 0 aliphatic carbocycles. The molecule has 2 aliphatic rings. The average Bonchev–Trinajstić information content (AvgIpc) is 2.56. The Morgan fingerprint density at radius 2 is 1.76 bits per heavy atom. The number of aliphatic hydroxyl groups excluding tert-OH is 2. The fraction of sp³-hybridized carbons (Fsp3) is 0.533. The summed E-state index contributed by atoms with van der Waals surface area (Å²) < 4.78 is 0. The quantitative estimate of drug-likeness (QED) is 0.382. The maximum absolute atomic E-state index is 11.4. The van der Waals surface area contributed by atoms with E-state index in [0.29, 0.717) is 49.4 Å². The van der Waals surface area contributed by atoms with E-state index in [2.05, 4.69) is 10.6 Å². The van der Waals surface area contributed by atoms with Crippen molar-refractivity contribution in [3.05, 3.63) is 27.8 Å². The van der Waals surface area contributed by atoms with Gasteiger partial charge in [-0.15, -0.1) is 0 Å². The first-order valence-electron chi connectivity index (χ1n) is 8.01. The van der Waals surface area contributed by atoms with Crippen LogP contribution in [0.2, 0.25) is 0 Å². The van der Waals surface area contributed by atoms with Crippen molar-refractivity contribution >= 4 is 23.0 Å². The van der Waals surface area contributed by atoms with Crippen molar-refractivity contribution < 1.29 is 25.0 Å². The molecule has 1 aromatic rings. The minimum Gasteiger partial charge on any atom is -0.481 e. The summed E-state index contributed by atoms with van der Waals surface area (Å²) in [5, 5.41) is 45.0. The average molecular weight is 352 g/mol. The van der Waals surface area contributed by atoms with Crippen LogP contribution in [0.5, 0.6) is 0 Å². The van der Waals surface area contributed by atoms with E-state index in [1.807, 2.05) is 4.90 Å². The lowest BCUT2D eigenvalue weighted by Crippen LogP contribution is -2.42. The second-order valence-electron chi connectivity index (χ2n) is 6.35. The molecular weight excluding hydrogens is 332 g/mol. The third-order valence-electron chi connectivity index (χ3n) is 4.65. The van der Waals surface area contributed by atoms with Crippen LogP contribution >= 0.6 is 0 Å². The number of carboxylic acid groups (broad SMARTS) is 1. The number of carboxylic acids is 1. The van der Waals surface area contributed by atoms with Crippen LogP contribution in [0, 0.1) is 16.0 Å². The summed E-state index contributed by atoms with van der Waals surface area (Å²) in [4.78, 5) is 23.9. The standard InChI is InChI=1S/C15H20N4O6/c20-13-14(21)17-11-6-12(19(24)25)9(5-10(11)16-13)7-18-3-1-8(2-4-18)15(22)23/h5-6,8,13-14,16-17,20-21H,1-4,7H2,(H,22,23). The maximum atomic E-state index is 11.4. The van der Waals surface area contributed by atoms with Crippen LogP contribution in [0.3, 0.4) is 0 Å². The first kappa shape index (κ1) is 17.4. The van der Waals surface area contributed by atoms with E-state index in [0.717, 1.165) is 0 Å². The van der Waals surface area contributed by atoms with Crippen LogP contribution in [0.1, 0.15) is 18.4 Å². The van der Waals surface area contributed by atoms with Gasteiger partial charge in [-0.3, -0.25) is 19.8 Å². The number of anilines is 2. The number of nitrogens with zero attached hydrogens (tertiary/aromatic N) is 2. The summed E-state index contributed by atoms with van der Waals surface area (Å²) in [6.45, 7) is 1.42. The number of nitro groups is 1. The van der Waals surface area contributed by atoms with E-state index >= 15 is 0 Å². The van der Waals surface area contributed by atoms with E-state index in [1.165, 1.54) is 6.07 Å². The zero-order valence-corrected chi connectivity index (χ0v) is 13.4. The zero-order chi connectivity index (χ0) is 18.1. The maximum Gasteiger partial charge on any atom is 0.306 e. The number of rotatable bonds is 4. The summed E-state index contributed by atoms with van der Waals surface area (Å²) in [5.74, 6) is -1.17. The van der Waals surface area contributed by atoms with Crippen LogP contribution in [0.15, 0.2) is 12.1 Å². The molecule has 5 N–H and O–H groups in total. The Morgan fingerprint density at radius 3 is 2.28 bits per heavy atom. The third kappa shape index (κ3) is 3.65. The van der Waals surface area contributed by atoms with Crippen molar-refractivity contribution in [1.82, 2.24) is 4.90 Å². The Bertz CT molecular complexity index is 689. The number of fused-ring (bicyclic) bond motifs is 1. The lowest BCUT2D eigenvalue weighted by Gasteiger charge is -2.32. The molecule has 2 atom stereocenters. The fourth-order valence-electron chi connectivity index (χ4n) is 3.22. The minimum atomic E-state index is -1.26. The third-order valence-corrected chi connectivity index (χ3v) is 4.65. The highest BCUT2D eigenvalue weighted by Gasteiger charge is 2.29. The van der Waals surface area contributed by atoms with Gasteiger partial charge in [0.2, 0.25) is 0 Å². The molecule has 0 radical (unpaired) electrons. The van der Waals surface area contributed by atoms with Gasteiger partial charge in [0.05, 0.1) is 22.2 Å². The van der Waals surface area contributed by atoms with E-state index in [9.17, 15) is 25.1 Å². The molecule has 0 amide bonds. The molecule has 2 aliphatic heterocycles. The van der Waals surface area contributed by atoms with Gasteiger partial charge in [0, 0.05) is 18.2 Å². The molecule has 2 heterocycles. The van der Waals surface area contributed by atoms with Gasteiger partial charge in [0.15, 0.2) is 12.5 Å². The molecule has 0 aromatic heterocycles. The van der Waals surface area contributed by atoms with Gasteiger partial charge < -0.3 is 26.0 Å². The van der Waals surface area contributed by atoms with Crippen molar-refractivity contribution in [2.24, 2.45) is 5.92 Å². The number of nitrogens with one attached hydrogen (secondary N) is 2. The van der Waals surface area contributed by atoms with Gasteiger partial charge >= 0.3 is 5.97 Å². The summed E-state index contributed by atoms with van der Waals surface area (Å²) in [5.41, 5.74) is 1.20. The number of piperidine rings is 1. The number of carbonyl (C=O) groups is 1. The van der Waals surface area contributed by atoms with Crippen molar-refractivity contribution in [1.29, 1.82) is 0 Å². The molecule has 10 nitrogen and oxygen atoms in total. The van der Waals surface area contributed by atoms with Crippen LogP contribution in [-0.2, 0) is 11.3 Å². The smallest absolute Gasteiger partial charge is 0.306 e. The van der Waals surface area contributed by atoms with Gasteiger partial charge in [-0.2, -0.15) is 0 Å². The van der Waals surface area contributed by atoms with Gasteiger partial charge in [-0.05, 0) is 32.0 Å². The Balaban J connectivity index is 1.80. The highest BCUT2D eigenvalue weighted by molar-refractivity contribution is 5.76. The monoisotopic (exact) mass is 352 g/mol. The minimum absolute atomic E-state index is 0.0861. The Kier molecular flexibility index (Phi) is 4.75. The topological polar surface area (TPSA) is 148 Å². The Hall–Kier alpha value is -2.43. The van der Waals surface area contributed by atoms with Gasteiger partial charge in [0.1, 0.15) is 0 Å². The van der Waals surface area contributed by atoms with Gasteiger partial charge in [0.25, 0.3) is 5.69 Å². The summed E-state index contributed by atoms with van der Waals surface area (Å²) >= 11 is 0. The first-order chi connectivity index (χ1) is 11.8. The molecule has 1 fully saturated rings. The highest BCUT2D eigenvalue weighted by atomic mass is 16.6. The number of nitro benzene ring substituents is 1. The van der Waals surface area contributed by atoms with Crippen molar-refractivity contribution in [2.45, 2.75) is 31.8 Å². The molecule has 0 saturated carbocycles. The van der Waals surface area contributed by atoms with Crippen LogP contribution in [-0.4, -0.2) is 56.7 Å². The second kappa shape index (κ2) is 6.82. The lowest BCUT2D eigenvalue weighted by atomic mass is 9.96. The second-order valence-corrected chi connectivity index (χ2v) is 6.35. The number of hydrogen-bond acceptors (Lipinski definition) is 8. The predicted octanol–water partition coefficient (Wildman–Crippen LogP) is 0.366. The first-order valence-corrected chi connectivity index (χ1v) is 8.01. The van der Waals surface area contributed by atoms with E-state index in [1.54, 1.807) is 6.07 Å². The largest absolute Gasteiger partial charge is 0.481 e. The molecule has 0 bridgehead atoms. The molecule has 10 heteroatoms. The van der Waals surface area contributed by atoms with Gasteiger partial charge in [-0.1, -0.05) is 0 Å². The van der Waals surface area contributed by atoms with Crippen LogP contribution in [0.25, 0.3) is 0 Å². The molecule has 1 saturated heterocycles. The van der Waals surface area contributed by atoms with E-state index < -0.39 is 23.3 Å². The normalized spacial score (nSPS) is 24.1. The van der Waals surface area contributed by atoms with Crippen molar-refractivity contribution in [2.75, 3.05) is 23.7 Å². The highest BCUT2D eigenvalue weighted by Crippen LogP contribution is 2.35. The summed E-state index contributed by atoms with van der Waals surface area (Å²) in [6, 6.07) is 2.91. The van der Waals surface area contributed by atoms with Crippen molar-refractivity contribution in [3.8, 4) is 0 Å². The molecule has 0 spiro atoms. The fourth-order valence-corrected chi connectivity index (χ4v) is 3.22. The van der Waals surface area contributed by atoms with Gasteiger partial charge in [-0.25, -0.2) is 0 Å². The summed E-state index contributed by atoms with van der Waals surface area (Å²) in [7, 11) is 0. The molecule has 2 unspecified atom stereocenters. The SMILES string of the molecule is O=C(O)C1CCN(Cc2cc3c(cc2[N+](=O)[O-])NC(O)C(O)N3)CC1. The Labute approximate surface area is 143 Å². The van der Waals surface area contributed by atoms with Crippen LogP contribution < -0.4 is 10.6 Å². The molecule has 25 heavy (non-hydrogen) atoms. The van der Waals surface area contributed by atoms with E-state index in [-0.39, 0.29) is 11.6 Å². The predicted molar refractivity (Wildman–Crippen MR) is 88.0 cm³/mol. The number of hydrogen-bond donors (Lipinski definition) is 5. The molecule has 1 aromatic carbocycles. The number of aliphatic hydroxyl groups is 2. The number of aliphatic carboxylic acids is 1. The van der Waals surface area contributed by atoms with Crippen LogP contribution in [0.4, 0.5) is 17.1 Å². The van der Waals surface area contributed by atoms with Crippen molar-refractivity contribution in [3.63, 3.8) is 0 Å². The van der Waals surface area contributed by atoms with E-state index in [4.69, 9.17) is 5.11 Å². The molecule has 136 valence electrons. The zero-order valence-electron chi connectivity index (χ0n) is 13.4. The number of likely N-dealkylation sites (tertiary alicyclic amines) is 1. The Morgan fingerprint density at radius 1 is 1.20 bits per heavy atom. The summed E-state index contributed by atoms with van der Waals surface area (Å²) in [6.07, 6.45) is -1.45. The lowest BCUT2D eigenvalue weighted by molar-refractivity contribution is -0.385.